The highest BCUT2D eigenvalue weighted by atomic mass is 35.5. The predicted molar refractivity (Wildman–Crippen MR) is 332 cm³/mol. The van der Waals surface area contributed by atoms with Crippen molar-refractivity contribution in [3.8, 4) is 0 Å². The lowest BCUT2D eigenvalue weighted by Gasteiger charge is -2.23. The first-order valence-electron chi connectivity index (χ1n) is 26.9. The van der Waals surface area contributed by atoms with Crippen LogP contribution in [-0.4, -0.2) is 120 Å². The molecule has 18 nitrogen and oxygen atoms in total. The van der Waals surface area contributed by atoms with Gasteiger partial charge in [-0.2, -0.15) is 4.99 Å². The van der Waals surface area contributed by atoms with E-state index in [0.717, 1.165) is 112 Å². The molecule has 0 aliphatic carbocycles. The fourth-order valence-electron chi connectivity index (χ4n) is 7.87. The van der Waals surface area contributed by atoms with Crippen molar-refractivity contribution in [2.45, 2.75) is 153 Å². The van der Waals surface area contributed by atoms with Crippen molar-refractivity contribution in [2.24, 2.45) is 21.5 Å². The number of nitrogens with one attached hydrogen (secondary N) is 7. The van der Waals surface area contributed by atoms with E-state index >= 15 is 0 Å². The standard InChI is InChI=1S/C28H36Cl2N4.C25H33Cl2N7.C6H12O7/c29-23-13-9-21(10-14-23)17-27(33)19-25(31)7-5-3-1-2-4-6-8-26(32)20-28(34)18-22-11-15-24(30)16-12-22;26-19-9-7-18(8-10-19)16-22(29)17-21(28)6-4-2-1-3-5-15-32-24(30)34-25(31)33-23-13-11-20(27)12-14-23;7-1-2(8)3(9)4(10)5(11)6(12)13/h9-16,31-34H,1-8,17-20H2;7-14,28-29H,1-6,15-17H2,(H5,30,31,32,33,34);2-5,7-11H,1H2,(H,12,13)/t;;2-,3-,4+,5-/m..1/s1. The molecule has 0 unspecified atom stereocenters. The van der Waals surface area contributed by atoms with E-state index in [1.165, 1.54) is 0 Å². The van der Waals surface area contributed by atoms with Crippen LogP contribution in [0.5, 0.6) is 0 Å². The number of carbonyl (C=O) groups is 1. The summed E-state index contributed by atoms with van der Waals surface area (Å²) in [6.45, 7) is -0.244. The number of unbranched alkanes of at least 4 members (excludes halogenated alkanes) is 9. The molecule has 0 radical (unpaired) electrons. The smallest absolute Gasteiger partial charge is 0.335 e. The van der Waals surface area contributed by atoms with Crippen molar-refractivity contribution in [3.63, 3.8) is 0 Å². The first-order chi connectivity index (χ1) is 38.5. The van der Waals surface area contributed by atoms with Crippen molar-refractivity contribution >= 4 is 104 Å². The average Bonchev–Trinajstić information content (AvgIpc) is 3.42. The van der Waals surface area contributed by atoms with Crippen molar-refractivity contribution in [2.75, 3.05) is 18.5 Å². The first-order valence-corrected chi connectivity index (χ1v) is 28.4. The fourth-order valence-corrected chi connectivity index (χ4v) is 8.37. The van der Waals surface area contributed by atoms with Crippen LogP contribution in [-0.2, 0) is 24.1 Å². The second-order valence-electron chi connectivity index (χ2n) is 19.6. The summed E-state index contributed by atoms with van der Waals surface area (Å²) in [4.78, 5) is 18.4. The molecule has 0 bridgehead atoms. The number of nitrogens with two attached hydrogens (primary N) is 2. The van der Waals surface area contributed by atoms with Crippen LogP contribution in [0.3, 0.4) is 0 Å². The Kier molecular flexibility index (Phi) is 36.1. The first kappa shape index (κ1) is 71.2. The van der Waals surface area contributed by atoms with Crippen LogP contribution in [0.25, 0.3) is 0 Å². The highest BCUT2D eigenvalue weighted by molar-refractivity contribution is 6.31. The molecule has 0 saturated heterocycles. The van der Waals surface area contributed by atoms with E-state index in [1.54, 1.807) is 24.3 Å². The zero-order valence-corrected chi connectivity index (χ0v) is 48.8. The molecule has 4 aromatic carbocycles. The Morgan fingerprint density at radius 2 is 0.802 bits per heavy atom. The molecule has 0 aromatic heterocycles. The Hall–Kier alpha value is -5.93. The lowest BCUT2D eigenvalue weighted by molar-refractivity contribution is -0.164. The van der Waals surface area contributed by atoms with Gasteiger partial charge in [0.1, 0.15) is 18.3 Å². The lowest BCUT2D eigenvalue weighted by atomic mass is 9.99. The molecule has 22 heteroatoms. The summed E-state index contributed by atoms with van der Waals surface area (Å²) in [5.74, 6) is -1.41. The zero-order valence-electron chi connectivity index (χ0n) is 45.8. The average molecular weight is 1200 g/mol. The molecule has 0 aliphatic rings. The number of aliphatic hydroxyl groups excluding tert-OH is 5. The van der Waals surface area contributed by atoms with Crippen LogP contribution in [0.4, 0.5) is 5.69 Å². The summed E-state index contributed by atoms with van der Waals surface area (Å²) >= 11 is 23.5. The second kappa shape index (κ2) is 41.1. The highest BCUT2D eigenvalue weighted by Gasteiger charge is 2.34. The van der Waals surface area contributed by atoms with Crippen LogP contribution >= 0.6 is 46.4 Å². The zero-order chi connectivity index (χ0) is 60.1. The summed E-state index contributed by atoms with van der Waals surface area (Å²) in [5.41, 5.74) is 19.2. The van der Waals surface area contributed by atoms with Gasteiger partial charge in [-0.25, -0.2) is 4.79 Å². The van der Waals surface area contributed by atoms with Crippen molar-refractivity contribution in [3.05, 3.63) is 134 Å². The van der Waals surface area contributed by atoms with Gasteiger partial charge in [0.05, 0.1) is 6.61 Å². The molecule has 0 aliphatic heterocycles. The Morgan fingerprint density at radius 3 is 1.14 bits per heavy atom. The van der Waals surface area contributed by atoms with Crippen LogP contribution in [0.2, 0.25) is 20.1 Å². The number of guanidine groups is 2. The van der Waals surface area contributed by atoms with Gasteiger partial charge >= 0.3 is 5.97 Å². The maximum Gasteiger partial charge on any atom is 0.335 e. The summed E-state index contributed by atoms with van der Waals surface area (Å²) in [7, 11) is 0. The molecule has 0 fully saturated rings. The van der Waals surface area contributed by atoms with Gasteiger partial charge in [0.25, 0.3) is 0 Å². The van der Waals surface area contributed by atoms with E-state index in [4.69, 9.17) is 121 Å². The molecule has 0 heterocycles. The molecule has 81 heavy (non-hydrogen) atoms. The number of carboxylic acids is 1. The molecule has 17 N–H and O–H groups in total. The number of aliphatic imine (C=N–C) groups is 2. The van der Waals surface area contributed by atoms with Gasteiger partial charge in [-0.1, -0.05) is 128 Å². The van der Waals surface area contributed by atoms with E-state index in [1.807, 2.05) is 72.8 Å². The van der Waals surface area contributed by atoms with Gasteiger partial charge in [0, 0.05) is 105 Å². The van der Waals surface area contributed by atoms with Gasteiger partial charge in [0.15, 0.2) is 6.10 Å². The monoisotopic (exact) mass is 1200 g/mol. The van der Waals surface area contributed by atoms with Crippen LogP contribution in [0, 0.1) is 32.5 Å². The number of rotatable bonds is 35. The molecular weight excluding hydrogens is 1120 g/mol. The Bertz CT molecular complexity index is 2540. The second-order valence-corrected chi connectivity index (χ2v) is 21.3. The minimum Gasteiger partial charge on any atom is -0.479 e. The molecule has 442 valence electrons. The summed E-state index contributed by atoms with van der Waals surface area (Å²) in [5, 5.41) is 106. The molecule has 0 amide bonds. The van der Waals surface area contributed by atoms with Gasteiger partial charge in [-0.15, -0.1) is 0 Å². The topological polar surface area (TPSA) is 370 Å². The number of nitrogens with zero attached hydrogens (tertiary/aromatic N) is 2. The molecule has 4 aromatic rings. The van der Waals surface area contributed by atoms with Gasteiger partial charge in [-0.3, -0.25) is 4.99 Å². The number of carboxylic acid groups (broad SMARTS) is 1. The SMILES string of the molecule is N=C(CCCCCCCCC(=N)CC(=N)Cc1ccc(Cl)cc1)CC(=N)Cc1ccc(Cl)cc1.N=C(CCCCCCCN=C(N)N=C(N)Nc1ccc(Cl)cc1)CC(=N)Cc1ccc(Cl)cc1.O=C(O)[C@H](O)[C@@H](O)[C@H](O)[C@H](O)CO. The van der Waals surface area contributed by atoms with Crippen molar-refractivity contribution in [1.29, 1.82) is 32.5 Å². The van der Waals surface area contributed by atoms with E-state index in [9.17, 15) is 4.79 Å². The van der Waals surface area contributed by atoms with Gasteiger partial charge < -0.3 is 79.9 Å². The molecule has 4 atom stereocenters. The minimum atomic E-state index is -2.20. The summed E-state index contributed by atoms with van der Waals surface area (Å²) in [6.07, 6.45) is 9.09. The Morgan fingerprint density at radius 1 is 0.481 bits per heavy atom. The summed E-state index contributed by atoms with van der Waals surface area (Å²) in [6, 6.07) is 29.7. The quantitative estimate of drug-likeness (QED) is 0.0117. The third-order valence-electron chi connectivity index (χ3n) is 12.2. The molecular formula is C59H81Cl4N11O7. The third kappa shape index (κ3) is 34.2. The third-order valence-corrected chi connectivity index (χ3v) is 13.3. The van der Waals surface area contributed by atoms with E-state index in [0.29, 0.717) is 99.4 Å². The minimum absolute atomic E-state index is 0.147. The largest absolute Gasteiger partial charge is 0.479 e. The normalized spacial score (nSPS) is 12.8. The van der Waals surface area contributed by atoms with Gasteiger partial charge in [0.2, 0.25) is 11.9 Å². The summed E-state index contributed by atoms with van der Waals surface area (Å²) < 4.78 is 0. The molecule has 4 rings (SSSR count). The number of hydrogen-bond acceptors (Lipinski definition) is 13. The number of halogens is 4. The van der Waals surface area contributed by atoms with Crippen LogP contribution < -0.4 is 16.8 Å². The molecule has 0 spiro atoms. The number of aliphatic hydroxyl groups is 5. The maximum absolute atomic E-state index is 10.1. The van der Waals surface area contributed by atoms with E-state index < -0.39 is 37.0 Å². The van der Waals surface area contributed by atoms with E-state index in [-0.39, 0.29) is 11.9 Å². The highest BCUT2D eigenvalue weighted by Crippen LogP contribution is 2.17. The molecule has 0 saturated carbocycles. The Labute approximate surface area is 496 Å². The van der Waals surface area contributed by atoms with Gasteiger partial charge in [-0.05, 0) is 122 Å². The predicted octanol–water partition coefficient (Wildman–Crippen LogP) is 11.3. The van der Waals surface area contributed by atoms with Crippen LogP contribution in [0.1, 0.15) is 126 Å². The van der Waals surface area contributed by atoms with E-state index in [2.05, 4.69) is 15.3 Å². The van der Waals surface area contributed by atoms with Crippen molar-refractivity contribution < 1.29 is 35.4 Å². The fraction of sp³-hybridized carbons (Fsp3) is 0.441. The maximum atomic E-state index is 10.1. The van der Waals surface area contributed by atoms with Crippen LogP contribution in [0.15, 0.2) is 107 Å². The van der Waals surface area contributed by atoms with Crippen molar-refractivity contribution in [1.82, 2.24) is 0 Å². The number of aliphatic carboxylic acids is 1. The lowest BCUT2D eigenvalue weighted by Crippen LogP contribution is -2.48. The number of hydrogen-bond donors (Lipinski definition) is 15. The number of benzene rings is 4. The Balaban J connectivity index is 0.000000455. The number of anilines is 1.